The van der Waals surface area contributed by atoms with Crippen molar-refractivity contribution in [3.63, 3.8) is 0 Å². The number of rotatable bonds is 6. The molecule has 1 N–H and O–H groups in total. The molecule has 176 valence electrons. The van der Waals surface area contributed by atoms with Gasteiger partial charge in [0.15, 0.2) is 0 Å². The largest absolute Gasteiger partial charge is 0.324 e. The number of hydrogen-bond acceptors (Lipinski definition) is 5. The molecule has 1 aromatic carbocycles. The van der Waals surface area contributed by atoms with Crippen LogP contribution in [0.15, 0.2) is 23.0 Å². The van der Waals surface area contributed by atoms with Gasteiger partial charge in [0.1, 0.15) is 17.2 Å². The molecule has 1 aliphatic rings. The first-order valence-corrected chi connectivity index (χ1v) is 12.5. The summed E-state index contributed by atoms with van der Waals surface area (Å²) >= 11 is 1.65. The summed E-state index contributed by atoms with van der Waals surface area (Å²) in [7, 11) is 3.90. The van der Waals surface area contributed by atoms with Crippen LogP contribution in [-0.2, 0) is 30.7 Å². The average Bonchev–Trinajstić information content (AvgIpc) is 3.09. The second kappa shape index (κ2) is 9.39. The lowest BCUT2D eigenvalue weighted by Crippen LogP contribution is -2.33. The molecule has 2 heterocycles. The number of para-hydroxylation sites is 1. The molecule has 1 unspecified atom stereocenters. The molecule has 6 nitrogen and oxygen atoms in total. The number of hydrogen-bond donors (Lipinski definition) is 1. The first-order chi connectivity index (χ1) is 15.7. The van der Waals surface area contributed by atoms with Gasteiger partial charge in [-0.25, -0.2) is 4.98 Å². The van der Waals surface area contributed by atoms with Crippen LogP contribution in [0.1, 0.15) is 60.5 Å². The smallest absolute Gasteiger partial charge is 0.263 e. The van der Waals surface area contributed by atoms with Crippen LogP contribution in [0.3, 0.4) is 0 Å². The Morgan fingerprint density at radius 3 is 2.79 bits per heavy atom. The van der Waals surface area contributed by atoms with Crippen molar-refractivity contribution in [1.29, 1.82) is 0 Å². The quantitative estimate of drug-likeness (QED) is 0.571. The topological polar surface area (TPSA) is 67.2 Å². The van der Waals surface area contributed by atoms with Gasteiger partial charge in [0.05, 0.1) is 11.9 Å². The summed E-state index contributed by atoms with van der Waals surface area (Å²) in [5.74, 6) is 1.34. The van der Waals surface area contributed by atoms with Gasteiger partial charge in [-0.2, -0.15) is 0 Å². The predicted octanol–water partition coefficient (Wildman–Crippen LogP) is 4.71. The molecule has 3 aromatic rings. The Labute approximate surface area is 199 Å². The number of carbonyl (C=O) groups is 1. The van der Waals surface area contributed by atoms with Gasteiger partial charge in [-0.05, 0) is 68.8 Å². The zero-order valence-electron chi connectivity index (χ0n) is 20.5. The fourth-order valence-electron chi connectivity index (χ4n) is 4.70. The van der Waals surface area contributed by atoms with E-state index in [1.807, 2.05) is 44.1 Å². The third kappa shape index (κ3) is 4.75. The Hall–Kier alpha value is -2.51. The number of fused-ring (bicyclic) bond motifs is 3. The SMILES string of the molecule is Cc1cccc(C(C)C)c1NC(=O)Cn1c(CN(C)C)nc2sc3c(c2c1=O)CCC(C)C3. The fraction of sp³-hybridized carbons (Fsp3) is 0.500. The molecule has 0 radical (unpaired) electrons. The van der Waals surface area contributed by atoms with Gasteiger partial charge in [0, 0.05) is 10.6 Å². The molecular formula is C26H34N4O2S. The Morgan fingerprint density at radius 2 is 2.09 bits per heavy atom. The minimum absolute atomic E-state index is 0.0438. The molecule has 4 rings (SSSR count). The van der Waals surface area contributed by atoms with Crippen molar-refractivity contribution in [3.8, 4) is 0 Å². The summed E-state index contributed by atoms with van der Waals surface area (Å²) in [5.41, 5.74) is 4.02. The fourth-order valence-corrected chi connectivity index (χ4v) is 6.09. The molecule has 0 spiro atoms. The van der Waals surface area contributed by atoms with Gasteiger partial charge >= 0.3 is 0 Å². The van der Waals surface area contributed by atoms with Gasteiger partial charge in [0.2, 0.25) is 5.91 Å². The van der Waals surface area contributed by atoms with E-state index < -0.39 is 0 Å². The highest BCUT2D eigenvalue weighted by molar-refractivity contribution is 7.18. The first kappa shape index (κ1) is 23.6. The maximum Gasteiger partial charge on any atom is 0.263 e. The highest BCUT2D eigenvalue weighted by Gasteiger charge is 2.25. The van der Waals surface area contributed by atoms with E-state index in [1.54, 1.807) is 15.9 Å². The molecule has 2 aromatic heterocycles. The molecule has 0 saturated carbocycles. The number of aryl methyl sites for hydroxylation is 2. The van der Waals surface area contributed by atoms with Crippen LogP contribution >= 0.6 is 11.3 Å². The highest BCUT2D eigenvalue weighted by atomic mass is 32.1. The normalized spacial score (nSPS) is 15.9. The van der Waals surface area contributed by atoms with Gasteiger partial charge in [-0.3, -0.25) is 14.2 Å². The molecule has 0 bridgehead atoms. The van der Waals surface area contributed by atoms with E-state index in [2.05, 4.69) is 26.1 Å². The maximum absolute atomic E-state index is 13.7. The summed E-state index contributed by atoms with van der Waals surface area (Å²) in [6, 6.07) is 6.05. The Bertz CT molecular complexity index is 1260. The van der Waals surface area contributed by atoms with E-state index >= 15 is 0 Å². The number of carbonyl (C=O) groups excluding carboxylic acids is 1. The van der Waals surface area contributed by atoms with Crippen molar-refractivity contribution in [2.45, 2.75) is 66.0 Å². The molecular weight excluding hydrogens is 432 g/mol. The van der Waals surface area contributed by atoms with Gasteiger partial charge in [0.25, 0.3) is 5.56 Å². The van der Waals surface area contributed by atoms with Crippen molar-refractivity contribution in [1.82, 2.24) is 14.5 Å². The summed E-state index contributed by atoms with van der Waals surface area (Å²) in [6.07, 6.45) is 3.00. The third-order valence-electron chi connectivity index (χ3n) is 6.45. The highest BCUT2D eigenvalue weighted by Crippen LogP contribution is 2.36. The monoisotopic (exact) mass is 466 g/mol. The number of nitrogens with one attached hydrogen (secondary N) is 1. The Balaban J connectivity index is 1.74. The molecule has 0 aliphatic heterocycles. The van der Waals surface area contributed by atoms with Gasteiger partial charge in [-0.15, -0.1) is 11.3 Å². The van der Waals surface area contributed by atoms with Crippen LogP contribution < -0.4 is 10.9 Å². The van der Waals surface area contributed by atoms with E-state index in [-0.39, 0.29) is 23.9 Å². The number of nitrogens with zero attached hydrogens (tertiary/aromatic N) is 3. The van der Waals surface area contributed by atoms with Gasteiger partial charge < -0.3 is 10.2 Å². The zero-order valence-corrected chi connectivity index (χ0v) is 21.3. The van der Waals surface area contributed by atoms with E-state index in [0.29, 0.717) is 18.3 Å². The lowest BCUT2D eigenvalue weighted by atomic mass is 9.89. The van der Waals surface area contributed by atoms with E-state index in [1.165, 1.54) is 4.88 Å². The van der Waals surface area contributed by atoms with Crippen LogP contribution in [0, 0.1) is 12.8 Å². The summed E-state index contributed by atoms with van der Waals surface area (Å²) in [5, 5.41) is 3.81. The van der Waals surface area contributed by atoms with Gasteiger partial charge in [-0.1, -0.05) is 39.0 Å². The van der Waals surface area contributed by atoms with Crippen LogP contribution in [0.5, 0.6) is 0 Å². The van der Waals surface area contributed by atoms with Crippen molar-refractivity contribution in [2.75, 3.05) is 19.4 Å². The number of aromatic nitrogens is 2. The second-order valence-electron chi connectivity index (χ2n) is 9.93. The number of amides is 1. The molecule has 1 atom stereocenters. The van der Waals surface area contributed by atoms with Crippen LogP contribution in [-0.4, -0.2) is 34.5 Å². The van der Waals surface area contributed by atoms with E-state index in [9.17, 15) is 9.59 Å². The Morgan fingerprint density at radius 1 is 1.33 bits per heavy atom. The van der Waals surface area contributed by atoms with Crippen molar-refractivity contribution >= 4 is 33.1 Å². The molecule has 33 heavy (non-hydrogen) atoms. The maximum atomic E-state index is 13.7. The predicted molar refractivity (Wildman–Crippen MR) is 136 cm³/mol. The lowest BCUT2D eigenvalue weighted by molar-refractivity contribution is -0.116. The molecule has 0 saturated heterocycles. The van der Waals surface area contributed by atoms with Crippen LogP contribution in [0.25, 0.3) is 10.2 Å². The van der Waals surface area contributed by atoms with Crippen molar-refractivity contribution in [3.05, 3.63) is 55.9 Å². The standard InChI is InChI=1S/C26H34N4O2S/c1-15(2)18-9-7-8-17(4)24(18)28-22(31)14-30-21(13-29(5)6)27-25-23(26(30)32)19-11-10-16(3)12-20(19)33-25/h7-9,15-16H,10-14H2,1-6H3,(H,28,31). The first-order valence-electron chi connectivity index (χ1n) is 11.7. The van der Waals surface area contributed by atoms with Crippen LogP contribution in [0.4, 0.5) is 5.69 Å². The Kier molecular flexibility index (Phi) is 6.73. The van der Waals surface area contributed by atoms with E-state index in [4.69, 9.17) is 4.98 Å². The third-order valence-corrected chi connectivity index (χ3v) is 7.59. The number of benzene rings is 1. The molecule has 7 heteroatoms. The molecule has 1 amide bonds. The lowest BCUT2D eigenvalue weighted by Gasteiger charge is -2.19. The number of anilines is 1. The zero-order chi connectivity index (χ0) is 23.9. The number of thiophene rings is 1. The van der Waals surface area contributed by atoms with Crippen molar-refractivity contribution < 1.29 is 4.79 Å². The second-order valence-corrected chi connectivity index (χ2v) is 11.0. The minimum Gasteiger partial charge on any atom is -0.324 e. The van der Waals surface area contributed by atoms with Crippen molar-refractivity contribution in [2.24, 2.45) is 5.92 Å². The van der Waals surface area contributed by atoms with Crippen LogP contribution in [0.2, 0.25) is 0 Å². The molecule has 1 aliphatic carbocycles. The average molecular weight is 467 g/mol. The summed E-state index contributed by atoms with van der Waals surface area (Å²) < 4.78 is 1.58. The molecule has 0 fully saturated rings. The summed E-state index contributed by atoms with van der Waals surface area (Å²) in [4.78, 5) is 35.9. The van der Waals surface area contributed by atoms with E-state index in [0.717, 1.165) is 51.9 Å². The summed E-state index contributed by atoms with van der Waals surface area (Å²) in [6.45, 7) is 8.94. The minimum atomic E-state index is -0.202.